The van der Waals surface area contributed by atoms with Gasteiger partial charge in [-0.2, -0.15) is 22.0 Å². The molecule has 0 spiro atoms. The molecule has 0 aliphatic carbocycles. The molecule has 0 aliphatic rings. The van der Waals surface area contributed by atoms with Crippen LogP contribution in [0.25, 0.3) is 11.0 Å². The summed E-state index contributed by atoms with van der Waals surface area (Å²) < 4.78 is 62.9. The van der Waals surface area contributed by atoms with Gasteiger partial charge in [-0.25, -0.2) is 4.98 Å². The molecule has 0 saturated carbocycles. The first kappa shape index (κ1) is 12.8. The van der Waals surface area contributed by atoms with Crippen molar-refractivity contribution in [1.82, 2.24) is 9.97 Å². The van der Waals surface area contributed by atoms with Gasteiger partial charge in [0, 0.05) is 0 Å². The molecule has 0 unspecified atom stereocenters. The number of hydrogen-bond acceptors (Lipinski definition) is 1. The number of halogens is 5. The lowest BCUT2D eigenvalue weighted by Crippen LogP contribution is -2.34. The van der Waals surface area contributed by atoms with Crippen LogP contribution in [0.4, 0.5) is 22.0 Å². The number of benzene rings is 1. The summed E-state index contributed by atoms with van der Waals surface area (Å²) in [5, 5.41) is 0. The third-order valence-electron chi connectivity index (χ3n) is 2.57. The Balaban J connectivity index is 2.65. The van der Waals surface area contributed by atoms with Crippen molar-refractivity contribution < 1.29 is 22.0 Å². The summed E-state index contributed by atoms with van der Waals surface area (Å²) in [4.78, 5) is 5.41. The maximum atomic E-state index is 13.1. The number of hydrogen-bond donors (Lipinski definition) is 1. The molecular weight excluding hydrogens is 255 g/mol. The van der Waals surface area contributed by atoms with Crippen LogP contribution in [0.15, 0.2) is 12.1 Å². The van der Waals surface area contributed by atoms with Gasteiger partial charge < -0.3 is 4.98 Å². The third kappa shape index (κ3) is 1.83. The lowest BCUT2D eigenvalue weighted by molar-refractivity contribution is -0.292. The summed E-state index contributed by atoms with van der Waals surface area (Å²) >= 11 is 0. The zero-order valence-corrected chi connectivity index (χ0v) is 9.49. The number of aromatic amines is 1. The van der Waals surface area contributed by atoms with Gasteiger partial charge >= 0.3 is 12.1 Å². The van der Waals surface area contributed by atoms with E-state index in [1.54, 1.807) is 19.9 Å². The van der Waals surface area contributed by atoms with Gasteiger partial charge in [0.15, 0.2) is 5.82 Å². The molecule has 1 N–H and O–H groups in total. The highest BCUT2D eigenvalue weighted by atomic mass is 19.4. The van der Waals surface area contributed by atoms with Crippen LogP contribution in [0.3, 0.4) is 0 Å². The molecule has 0 fully saturated rings. The molecule has 98 valence electrons. The fraction of sp³-hybridized carbons (Fsp3) is 0.364. The average Bonchev–Trinajstić information content (AvgIpc) is 2.59. The number of alkyl halides is 5. The molecule has 2 rings (SSSR count). The van der Waals surface area contributed by atoms with Crippen LogP contribution in [0.2, 0.25) is 0 Å². The minimum atomic E-state index is -5.66. The van der Waals surface area contributed by atoms with Crippen molar-refractivity contribution >= 4 is 11.0 Å². The Bertz CT molecular complexity index is 597. The number of fused-ring (bicyclic) bond motifs is 1. The number of aromatic nitrogens is 2. The van der Waals surface area contributed by atoms with Crippen molar-refractivity contribution in [3.05, 3.63) is 29.1 Å². The van der Waals surface area contributed by atoms with E-state index in [0.717, 1.165) is 5.56 Å². The van der Waals surface area contributed by atoms with Crippen LogP contribution < -0.4 is 0 Å². The lowest BCUT2D eigenvalue weighted by atomic mass is 10.1. The van der Waals surface area contributed by atoms with Gasteiger partial charge in [0.25, 0.3) is 0 Å². The van der Waals surface area contributed by atoms with Crippen LogP contribution in [-0.2, 0) is 5.92 Å². The Labute approximate surface area is 98.8 Å². The fourth-order valence-electron chi connectivity index (χ4n) is 1.75. The summed E-state index contributed by atoms with van der Waals surface area (Å²) in [6.45, 7) is 3.32. The number of nitrogens with zero attached hydrogens (tertiary/aromatic N) is 1. The zero-order valence-electron chi connectivity index (χ0n) is 9.49. The predicted molar refractivity (Wildman–Crippen MR) is 55.5 cm³/mol. The van der Waals surface area contributed by atoms with Gasteiger partial charge in [-0.05, 0) is 31.0 Å². The van der Waals surface area contributed by atoms with Crippen LogP contribution in [0, 0.1) is 13.8 Å². The number of aryl methyl sites for hydroxylation is 2. The predicted octanol–water partition coefficient (Wildman–Crippen LogP) is 3.83. The Hall–Kier alpha value is -1.66. The number of H-pyrrole nitrogens is 1. The van der Waals surface area contributed by atoms with E-state index in [2.05, 4.69) is 4.98 Å². The molecule has 0 atom stereocenters. The van der Waals surface area contributed by atoms with Crippen molar-refractivity contribution in [3.63, 3.8) is 0 Å². The van der Waals surface area contributed by atoms with Crippen molar-refractivity contribution in [2.75, 3.05) is 0 Å². The van der Waals surface area contributed by atoms with E-state index in [9.17, 15) is 22.0 Å². The average molecular weight is 264 g/mol. The van der Waals surface area contributed by atoms with Crippen LogP contribution in [0.5, 0.6) is 0 Å². The molecule has 2 aromatic rings. The molecule has 0 bridgehead atoms. The SMILES string of the molecule is Cc1cc(C)c2nc(C(F)(F)C(F)(F)F)[nH]c2c1. The van der Waals surface area contributed by atoms with Gasteiger partial charge in [0.05, 0.1) is 11.0 Å². The van der Waals surface area contributed by atoms with Crippen LogP contribution in [0.1, 0.15) is 17.0 Å². The molecule has 1 aromatic carbocycles. The summed E-state index contributed by atoms with van der Waals surface area (Å²) in [6, 6.07) is 3.14. The van der Waals surface area contributed by atoms with E-state index in [1.807, 2.05) is 4.98 Å². The number of imidazole rings is 1. The lowest BCUT2D eigenvalue weighted by Gasteiger charge is -2.16. The van der Waals surface area contributed by atoms with Crippen molar-refractivity contribution in [3.8, 4) is 0 Å². The first-order valence-electron chi connectivity index (χ1n) is 5.05. The highest BCUT2D eigenvalue weighted by molar-refractivity contribution is 5.79. The van der Waals surface area contributed by atoms with Gasteiger partial charge in [0.2, 0.25) is 0 Å². The highest BCUT2D eigenvalue weighted by Crippen LogP contribution is 2.43. The number of nitrogens with one attached hydrogen (secondary N) is 1. The highest BCUT2D eigenvalue weighted by Gasteiger charge is 2.61. The molecule has 7 heteroatoms. The largest absolute Gasteiger partial charge is 0.461 e. The fourth-order valence-corrected chi connectivity index (χ4v) is 1.75. The Kier molecular flexibility index (Phi) is 2.60. The zero-order chi connectivity index (χ0) is 13.7. The molecule has 1 heterocycles. The quantitative estimate of drug-likeness (QED) is 0.779. The minimum Gasteiger partial charge on any atom is -0.337 e. The molecule has 0 radical (unpaired) electrons. The van der Waals surface area contributed by atoms with Gasteiger partial charge in [-0.15, -0.1) is 0 Å². The second-order valence-electron chi connectivity index (χ2n) is 4.14. The summed E-state index contributed by atoms with van der Waals surface area (Å²) in [7, 11) is 0. The van der Waals surface area contributed by atoms with E-state index >= 15 is 0 Å². The third-order valence-corrected chi connectivity index (χ3v) is 2.57. The Morgan fingerprint density at radius 1 is 1.06 bits per heavy atom. The van der Waals surface area contributed by atoms with Crippen molar-refractivity contribution in [2.24, 2.45) is 0 Å². The van der Waals surface area contributed by atoms with Crippen molar-refractivity contribution in [2.45, 2.75) is 25.9 Å². The van der Waals surface area contributed by atoms with E-state index in [4.69, 9.17) is 0 Å². The normalized spacial score (nSPS) is 13.3. The topological polar surface area (TPSA) is 28.7 Å². The molecule has 0 aliphatic heterocycles. The smallest absolute Gasteiger partial charge is 0.337 e. The van der Waals surface area contributed by atoms with Gasteiger partial charge in [-0.3, -0.25) is 0 Å². The minimum absolute atomic E-state index is 0.125. The number of rotatable bonds is 1. The second-order valence-corrected chi connectivity index (χ2v) is 4.14. The van der Waals surface area contributed by atoms with E-state index in [1.165, 1.54) is 6.07 Å². The summed E-state index contributed by atoms with van der Waals surface area (Å²) in [6.07, 6.45) is -5.66. The molecule has 18 heavy (non-hydrogen) atoms. The first-order valence-corrected chi connectivity index (χ1v) is 5.05. The second kappa shape index (κ2) is 3.66. The maximum Gasteiger partial charge on any atom is 0.461 e. The Morgan fingerprint density at radius 2 is 1.67 bits per heavy atom. The van der Waals surface area contributed by atoms with Crippen molar-refractivity contribution in [1.29, 1.82) is 0 Å². The standard InChI is InChI=1S/C11H9F5N2/c1-5-3-6(2)8-7(4-5)17-9(18-8)10(12,13)11(14,15)16/h3-4H,1-2H3,(H,17,18). The van der Waals surface area contributed by atoms with Gasteiger partial charge in [-0.1, -0.05) is 6.07 Å². The van der Waals surface area contributed by atoms with Gasteiger partial charge in [0.1, 0.15) is 0 Å². The monoisotopic (exact) mass is 264 g/mol. The molecule has 2 nitrogen and oxygen atoms in total. The van der Waals surface area contributed by atoms with Crippen LogP contribution >= 0.6 is 0 Å². The molecule has 1 aromatic heterocycles. The summed E-state index contributed by atoms with van der Waals surface area (Å²) in [5.41, 5.74) is 1.60. The maximum absolute atomic E-state index is 13.1. The van der Waals surface area contributed by atoms with E-state index in [0.29, 0.717) is 5.56 Å². The molecule has 0 saturated heterocycles. The molecule has 0 amide bonds. The molecular formula is C11H9F5N2. The van der Waals surface area contributed by atoms with E-state index in [-0.39, 0.29) is 11.0 Å². The van der Waals surface area contributed by atoms with E-state index < -0.39 is 17.9 Å². The Morgan fingerprint density at radius 3 is 2.22 bits per heavy atom. The van der Waals surface area contributed by atoms with Crippen LogP contribution in [-0.4, -0.2) is 16.1 Å². The first-order chi connectivity index (χ1) is 8.13. The summed E-state index contributed by atoms with van der Waals surface area (Å²) in [5.74, 6) is -6.36.